The van der Waals surface area contributed by atoms with E-state index in [9.17, 15) is 5.11 Å². The van der Waals surface area contributed by atoms with E-state index in [2.05, 4.69) is 16.0 Å². The van der Waals surface area contributed by atoms with Gasteiger partial charge in [0, 0.05) is 42.7 Å². The Hall–Kier alpha value is -1.91. The van der Waals surface area contributed by atoms with Crippen molar-refractivity contribution in [2.75, 3.05) is 13.2 Å². The zero-order chi connectivity index (χ0) is 15.6. The van der Waals surface area contributed by atoms with Gasteiger partial charge in [0.25, 0.3) is 0 Å². The Balaban J connectivity index is 1.60. The van der Waals surface area contributed by atoms with Crippen molar-refractivity contribution in [1.29, 1.82) is 0 Å². The molecule has 4 rings (SSSR count). The molecule has 1 atom stereocenters. The molecule has 1 aromatic carbocycles. The van der Waals surface area contributed by atoms with Crippen LogP contribution in [0, 0.1) is 0 Å². The molecule has 2 heterocycles. The normalized spacial score (nSPS) is 20.0. The second-order valence-corrected chi connectivity index (χ2v) is 6.46. The van der Waals surface area contributed by atoms with Crippen molar-refractivity contribution in [2.45, 2.75) is 38.0 Å². The van der Waals surface area contributed by atoms with Crippen LogP contribution in [0.3, 0.4) is 0 Å². The van der Waals surface area contributed by atoms with E-state index in [1.165, 1.54) is 24.8 Å². The van der Waals surface area contributed by atoms with Crippen LogP contribution in [0.15, 0.2) is 42.7 Å². The number of aliphatic hydroxyl groups excluding tert-OH is 1. The molecular weight excluding hydrogens is 288 g/mol. The predicted octanol–water partition coefficient (Wildman–Crippen LogP) is 2.91. The average molecular weight is 310 g/mol. The van der Waals surface area contributed by atoms with Crippen molar-refractivity contribution >= 4 is 0 Å². The third-order valence-electron chi connectivity index (χ3n) is 5.00. The maximum absolute atomic E-state index is 10.6. The third-order valence-corrected chi connectivity index (χ3v) is 5.00. The largest absolute Gasteiger partial charge is 0.492 e. The molecule has 0 bridgehead atoms. The second-order valence-electron chi connectivity index (χ2n) is 6.46. The molecule has 1 saturated carbocycles. The molecule has 0 saturated heterocycles. The van der Waals surface area contributed by atoms with Crippen LogP contribution in [-0.4, -0.2) is 34.2 Å². The van der Waals surface area contributed by atoms with E-state index >= 15 is 0 Å². The van der Waals surface area contributed by atoms with Gasteiger partial charge in [-0.2, -0.15) is 0 Å². The lowest BCUT2D eigenvalue weighted by molar-refractivity contribution is 0.111. The standard InChI is InChI=1S/C19H22N2O2/c22-19(15-3-2-8-20-12-15)14-6-7-18-16(11-14)13-21(9-10-23-18)17-4-1-5-17/h2-3,6-8,11-12,17,19,22H,1,4-5,9-10,13H2. The molecule has 0 radical (unpaired) electrons. The molecular formula is C19H22N2O2. The van der Waals surface area contributed by atoms with Gasteiger partial charge in [0.2, 0.25) is 0 Å². The van der Waals surface area contributed by atoms with Crippen LogP contribution in [0.4, 0.5) is 0 Å². The number of benzene rings is 1. The molecule has 1 aliphatic heterocycles. The number of ether oxygens (including phenoxy) is 1. The number of aromatic nitrogens is 1. The summed E-state index contributed by atoms with van der Waals surface area (Å²) in [7, 11) is 0. The summed E-state index contributed by atoms with van der Waals surface area (Å²) in [6.07, 6.45) is 6.73. The third kappa shape index (κ3) is 2.96. The van der Waals surface area contributed by atoms with Gasteiger partial charge in [-0.15, -0.1) is 0 Å². The first-order chi connectivity index (χ1) is 11.3. The molecule has 23 heavy (non-hydrogen) atoms. The maximum atomic E-state index is 10.6. The van der Waals surface area contributed by atoms with E-state index in [1.807, 2.05) is 24.3 Å². The quantitative estimate of drug-likeness (QED) is 0.947. The van der Waals surface area contributed by atoms with Gasteiger partial charge in [-0.05, 0) is 36.6 Å². The van der Waals surface area contributed by atoms with Gasteiger partial charge >= 0.3 is 0 Å². The lowest BCUT2D eigenvalue weighted by Gasteiger charge is -2.36. The van der Waals surface area contributed by atoms with Gasteiger partial charge in [-0.1, -0.05) is 18.6 Å². The Morgan fingerprint density at radius 1 is 1.22 bits per heavy atom. The summed E-state index contributed by atoms with van der Waals surface area (Å²) in [6, 6.07) is 10.5. The maximum Gasteiger partial charge on any atom is 0.123 e. The van der Waals surface area contributed by atoms with Gasteiger partial charge in [-0.3, -0.25) is 9.88 Å². The van der Waals surface area contributed by atoms with E-state index in [0.717, 1.165) is 36.6 Å². The number of hydrogen-bond donors (Lipinski definition) is 1. The number of aliphatic hydroxyl groups is 1. The van der Waals surface area contributed by atoms with Crippen LogP contribution < -0.4 is 4.74 Å². The van der Waals surface area contributed by atoms with Crippen molar-refractivity contribution < 1.29 is 9.84 Å². The summed E-state index contributed by atoms with van der Waals surface area (Å²) in [6.45, 7) is 2.64. The first-order valence-electron chi connectivity index (χ1n) is 8.39. The van der Waals surface area contributed by atoms with E-state index in [-0.39, 0.29) is 0 Å². The Kier molecular flexibility index (Phi) is 4.02. The summed E-state index contributed by atoms with van der Waals surface area (Å²) < 4.78 is 5.90. The zero-order valence-electron chi connectivity index (χ0n) is 13.2. The van der Waals surface area contributed by atoms with Crippen molar-refractivity contribution in [2.24, 2.45) is 0 Å². The van der Waals surface area contributed by atoms with Gasteiger partial charge in [-0.25, -0.2) is 0 Å². The van der Waals surface area contributed by atoms with Crippen molar-refractivity contribution in [1.82, 2.24) is 9.88 Å². The smallest absolute Gasteiger partial charge is 0.123 e. The highest BCUT2D eigenvalue weighted by Gasteiger charge is 2.27. The average Bonchev–Trinajstić information content (AvgIpc) is 2.74. The molecule has 0 spiro atoms. The Morgan fingerprint density at radius 2 is 2.13 bits per heavy atom. The number of nitrogens with zero attached hydrogens (tertiary/aromatic N) is 2. The summed E-state index contributed by atoms with van der Waals surface area (Å²) in [4.78, 5) is 6.62. The highest BCUT2D eigenvalue weighted by atomic mass is 16.5. The first-order valence-corrected chi connectivity index (χ1v) is 8.39. The summed E-state index contributed by atoms with van der Waals surface area (Å²) in [5.74, 6) is 0.953. The molecule has 1 N–H and O–H groups in total. The lowest BCUT2D eigenvalue weighted by atomic mass is 9.91. The molecule has 0 amide bonds. The minimum absolute atomic E-state index is 0.644. The Bertz CT molecular complexity index is 670. The molecule has 2 aliphatic rings. The molecule has 1 fully saturated rings. The van der Waals surface area contributed by atoms with E-state index < -0.39 is 6.10 Å². The molecule has 120 valence electrons. The molecule has 1 unspecified atom stereocenters. The fourth-order valence-electron chi connectivity index (χ4n) is 3.40. The number of fused-ring (bicyclic) bond motifs is 1. The van der Waals surface area contributed by atoms with Crippen LogP contribution in [0.25, 0.3) is 0 Å². The number of rotatable bonds is 3. The topological polar surface area (TPSA) is 45.6 Å². The van der Waals surface area contributed by atoms with Crippen LogP contribution in [0.1, 0.15) is 42.1 Å². The monoisotopic (exact) mass is 310 g/mol. The fraction of sp³-hybridized carbons (Fsp3) is 0.421. The number of pyridine rings is 1. The molecule has 1 aliphatic carbocycles. The van der Waals surface area contributed by atoms with E-state index in [0.29, 0.717) is 6.04 Å². The van der Waals surface area contributed by atoms with Crippen LogP contribution >= 0.6 is 0 Å². The molecule has 2 aromatic rings. The van der Waals surface area contributed by atoms with Crippen LogP contribution in [-0.2, 0) is 6.54 Å². The number of hydrogen-bond acceptors (Lipinski definition) is 4. The predicted molar refractivity (Wildman–Crippen MR) is 88.3 cm³/mol. The van der Waals surface area contributed by atoms with Gasteiger partial charge in [0.05, 0.1) is 0 Å². The zero-order valence-corrected chi connectivity index (χ0v) is 13.2. The first kappa shape index (κ1) is 14.7. The van der Waals surface area contributed by atoms with Gasteiger partial charge < -0.3 is 9.84 Å². The van der Waals surface area contributed by atoms with Crippen molar-refractivity contribution in [3.63, 3.8) is 0 Å². The second kappa shape index (κ2) is 6.30. The Labute approximate surface area is 136 Å². The van der Waals surface area contributed by atoms with Crippen LogP contribution in [0.2, 0.25) is 0 Å². The van der Waals surface area contributed by atoms with E-state index in [4.69, 9.17) is 4.74 Å². The SMILES string of the molecule is OC(c1cccnc1)c1ccc2c(c1)CN(C1CCC1)CCO2. The molecule has 1 aromatic heterocycles. The highest BCUT2D eigenvalue weighted by molar-refractivity contribution is 5.41. The lowest BCUT2D eigenvalue weighted by Crippen LogP contribution is -2.40. The van der Waals surface area contributed by atoms with Crippen molar-refractivity contribution in [3.05, 3.63) is 59.4 Å². The molecule has 4 nitrogen and oxygen atoms in total. The summed E-state index contributed by atoms with van der Waals surface area (Å²) in [5.41, 5.74) is 2.89. The summed E-state index contributed by atoms with van der Waals surface area (Å²) >= 11 is 0. The fourth-order valence-corrected chi connectivity index (χ4v) is 3.40. The van der Waals surface area contributed by atoms with E-state index in [1.54, 1.807) is 12.4 Å². The van der Waals surface area contributed by atoms with Crippen LogP contribution in [0.5, 0.6) is 5.75 Å². The minimum atomic E-state index is -0.644. The van der Waals surface area contributed by atoms with Crippen molar-refractivity contribution in [3.8, 4) is 5.75 Å². The van der Waals surface area contributed by atoms with Gasteiger partial charge in [0.15, 0.2) is 0 Å². The molecule has 4 heteroatoms. The highest BCUT2D eigenvalue weighted by Crippen LogP contribution is 2.32. The van der Waals surface area contributed by atoms with Gasteiger partial charge in [0.1, 0.15) is 18.5 Å². The minimum Gasteiger partial charge on any atom is -0.492 e. The summed E-state index contributed by atoms with van der Waals surface area (Å²) in [5, 5.41) is 10.6. The Morgan fingerprint density at radius 3 is 2.87 bits per heavy atom.